The van der Waals surface area contributed by atoms with Gasteiger partial charge >= 0.3 is 0 Å². The molecule has 0 bridgehead atoms. The first-order valence-corrected chi connectivity index (χ1v) is 6.91. The lowest BCUT2D eigenvalue weighted by atomic mass is 10.2. The second-order valence-corrected chi connectivity index (χ2v) is 5.18. The van der Waals surface area contributed by atoms with Crippen LogP contribution in [0.25, 0.3) is 11.0 Å². The summed E-state index contributed by atoms with van der Waals surface area (Å²) in [6.45, 7) is 0.117. The highest BCUT2D eigenvalue weighted by Crippen LogP contribution is 2.31. The lowest BCUT2D eigenvalue weighted by molar-refractivity contribution is -0.116. The van der Waals surface area contributed by atoms with Crippen LogP contribution in [0.3, 0.4) is 0 Å². The van der Waals surface area contributed by atoms with Crippen LogP contribution in [-0.4, -0.2) is 38.7 Å². The molecule has 9 nitrogen and oxygen atoms in total. The molecule has 1 saturated carbocycles. The van der Waals surface area contributed by atoms with Crippen LogP contribution < -0.4 is 21.9 Å². The zero-order valence-corrected chi connectivity index (χ0v) is 11.5. The van der Waals surface area contributed by atoms with Crippen LogP contribution >= 0.6 is 0 Å². The summed E-state index contributed by atoms with van der Waals surface area (Å²) >= 11 is 0. The maximum Gasteiger partial charge on any atom is 0.241 e. The highest BCUT2D eigenvalue weighted by atomic mass is 16.1. The largest absolute Gasteiger partial charge is 0.368 e. The Bertz CT molecular complexity index is 648. The number of nitrogens with two attached hydrogens (primary N) is 2. The van der Waals surface area contributed by atoms with Gasteiger partial charge in [-0.15, -0.1) is 0 Å². The number of amides is 1. The van der Waals surface area contributed by atoms with E-state index in [0.29, 0.717) is 11.5 Å². The molecule has 2 heterocycles. The molecule has 6 N–H and O–H groups in total. The topological polar surface area (TPSA) is 139 Å². The number of rotatable bonds is 5. The summed E-state index contributed by atoms with van der Waals surface area (Å²) in [5, 5.41) is 7.53. The van der Waals surface area contributed by atoms with Gasteiger partial charge in [-0.3, -0.25) is 15.3 Å². The minimum Gasteiger partial charge on any atom is -0.368 e. The Morgan fingerprint density at radius 1 is 1.43 bits per heavy atom. The summed E-state index contributed by atoms with van der Waals surface area (Å²) in [4.78, 5) is 22.0. The summed E-state index contributed by atoms with van der Waals surface area (Å²) in [6, 6.07) is 0.246. The van der Waals surface area contributed by atoms with Gasteiger partial charge in [-0.1, -0.05) is 12.8 Å². The predicted molar refractivity (Wildman–Crippen MR) is 78.3 cm³/mol. The van der Waals surface area contributed by atoms with Crippen molar-refractivity contribution < 1.29 is 4.79 Å². The van der Waals surface area contributed by atoms with Crippen LogP contribution in [0.4, 0.5) is 11.8 Å². The van der Waals surface area contributed by atoms with E-state index in [0.717, 1.165) is 31.1 Å². The van der Waals surface area contributed by atoms with E-state index < -0.39 is 0 Å². The molecule has 9 heteroatoms. The Labute approximate surface area is 121 Å². The first-order valence-electron chi connectivity index (χ1n) is 6.91. The number of anilines is 2. The number of hydrogen-bond acceptors (Lipinski definition) is 7. The van der Waals surface area contributed by atoms with Crippen molar-refractivity contribution in [2.24, 2.45) is 11.6 Å². The molecule has 3 rings (SSSR count). The highest BCUT2D eigenvalue weighted by molar-refractivity contribution is 5.90. The second kappa shape index (κ2) is 5.52. The maximum atomic E-state index is 11.4. The third-order valence-corrected chi connectivity index (χ3v) is 3.78. The third kappa shape index (κ3) is 2.59. The average Bonchev–Trinajstić information content (AvgIpc) is 3.14. The molecule has 0 radical (unpaired) electrons. The van der Waals surface area contributed by atoms with Crippen LogP contribution in [-0.2, 0) is 4.79 Å². The van der Waals surface area contributed by atoms with E-state index in [4.69, 9.17) is 11.6 Å². The lowest BCUT2D eigenvalue weighted by Crippen LogP contribution is -2.41. The molecular formula is C12H18N8O. The number of nitrogen functional groups attached to an aromatic ring is 1. The van der Waals surface area contributed by atoms with Crippen LogP contribution in [0.1, 0.15) is 25.7 Å². The summed E-state index contributed by atoms with van der Waals surface area (Å²) in [5.41, 5.74) is 8.41. The second-order valence-electron chi connectivity index (χ2n) is 5.18. The van der Waals surface area contributed by atoms with E-state index >= 15 is 0 Å². The van der Waals surface area contributed by atoms with Crippen molar-refractivity contribution >= 4 is 28.7 Å². The van der Waals surface area contributed by atoms with Crippen LogP contribution in [0, 0.1) is 0 Å². The first-order chi connectivity index (χ1) is 10.2. The van der Waals surface area contributed by atoms with Crippen LogP contribution in [0.5, 0.6) is 0 Å². The molecule has 1 amide bonds. The number of primary amides is 1. The van der Waals surface area contributed by atoms with Crippen molar-refractivity contribution in [1.29, 1.82) is 0 Å². The summed E-state index contributed by atoms with van der Waals surface area (Å²) in [6.07, 6.45) is 5.96. The molecule has 1 aliphatic carbocycles. The average molecular weight is 290 g/mol. The molecule has 112 valence electrons. The minimum absolute atomic E-state index is 0.117. The SMILES string of the molecule is NNc1nc(N(CC(N)=O)C2CCCC2)c2cn[nH]c2n1. The smallest absolute Gasteiger partial charge is 0.241 e. The molecule has 0 aromatic carbocycles. The summed E-state index contributed by atoms with van der Waals surface area (Å²) in [5.74, 6) is 5.93. The molecule has 21 heavy (non-hydrogen) atoms. The first kappa shape index (κ1) is 13.6. The van der Waals surface area contributed by atoms with Gasteiger partial charge in [-0.25, -0.2) is 5.84 Å². The number of nitrogens with zero attached hydrogens (tertiary/aromatic N) is 4. The summed E-state index contributed by atoms with van der Waals surface area (Å²) in [7, 11) is 0. The molecule has 1 fully saturated rings. The molecule has 0 unspecified atom stereocenters. The van der Waals surface area contributed by atoms with Crippen molar-refractivity contribution in [3.8, 4) is 0 Å². The van der Waals surface area contributed by atoms with Crippen LogP contribution in [0.2, 0.25) is 0 Å². The number of nitrogens with one attached hydrogen (secondary N) is 2. The molecule has 2 aromatic rings. The van der Waals surface area contributed by atoms with E-state index in [-0.39, 0.29) is 24.4 Å². The van der Waals surface area contributed by atoms with E-state index in [1.54, 1.807) is 6.20 Å². The zero-order valence-electron chi connectivity index (χ0n) is 11.5. The molecule has 0 spiro atoms. The van der Waals surface area contributed by atoms with Gasteiger partial charge in [0.1, 0.15) is 5.82 Å². The molecule has 0 saturated heterocycles. The fourth-order valence-electron chi connectivity index (χ4n) is 2.86. The van der Waals surface area contributed by atoms with E-state index in [9.17, 15) is 4.79 Å². The van der Waals surface area contributed by atoms with Gasteiger partial charge in [-0.05, 0) is 12.8 Å². The Balaban J connectivity index is 2.08. The van der Waals surface area contributed by atoms with Gasteiger partial charge in [-0.2, -0.15) is 15.1 Å². The van der Waals surface area contributed by atoms with Gasteiger partial charge in [0.05, 0.1) is 18.1 Å². The Hall–Kier alpha value is -2.42. The van der Waals surface area contributed by atoms with Crippen molar-refractivity contribution in [1.82, 2.24) is 20.2 Å². The van der Waals surface area contributed by atoms with Gasteiger partial charge in [0.2, 0.25) is 11.9 Å². The van der Waals surface area contributed by atoms with Gasteiger partial charge in [0.25, 0.3) is 0 Å². The fourth-order valence-corrected chi connectivity index (χ4v) is 2.86. The van der Waals surface area contributed by atoms with Crippen molar-refractivity contribution in [2.45, 2.75) is 31.7 Å². The van der Waals surface area contributed by atoms with Crippen molar-refractivity contribution in [3.05, 3.63) is 6.20 Å². The van der Waals surface area contributed by atoms with Crippen molar-refractivity contribution in [2.75, 3.05) is 16.9 Å². The van der Waals surface area contributed by atoms with E-state index in [1.807, 2.05) is 4.90 Å². The number of carbonyl (C=O) groups is 1. The monoisotopic (exact) mass is 290 g/mol. The number of H-pyrrole nitrogens is 1. The van der Waals surface area contributed by atoms with Gasteiger partial charge in [0, 0.05) is 6.04 Å². The number of aromatic nitrogens is 4. The summed E-state index contributed by atoms with van der Waals surface area (Å²) < 4.78 is 0. The molecule has 2 aromatic heterocycles. The molecule has 1 aliphatic rings. The number of fused-ring (bicyclic) bond motifs is 1. The molecule has 0 atom stereocenters. The van der Waals surface area contributed by atoms with E-state index in [1.165, 1.54) is 0 Å². The van der Waals surface area contributed by atoms with Crippen molar-refractivity contribution in [3.63, 3.8) is 0 Å². The predicted octanol–water partition coefficient (Wildman–Crippen LogP) is -0.127. The normalized spacial score (nSPS) is 15.5. The third-order valence-electron chi connectivity index (χ3n) is 3.78. The van der Waals surface area contributed by atoms with Gasteiger partial charge in [0.15, 0.2) is 5.65 Å². The Morgan fingerprint density at radius 3 is 2.86 bits per heavy atom. The fraction of sp³-hybridized carbons (Fsp3) is 0.500. The number of carbonyl (C=O) groups excluding carboxylic acids is 1. The Morgan fingerprint density at radius 2 is 2.19 bits per heavy atom. The van der Waals surface area contributed by atoms with Crippen LogP contribution in [0.15, 0.2) is 6.20 Å². The van der Waals surface area contributed by atoms with E-state index in [2.05, 4.69) is 25.6 Å². The number of hydrogen-bond donors (Lipinski definition) is 4. The standard InChI is InChI=1S/C12H18N8O/c13-9(21)6-20(7-3-1-2-4-7)11-8-5-15-19-10(8)16-12(17-11)18-14/h5,7H,1-4,6,14H2,(H2,13,21)(H2,15,16,17,18,19). The minimum atomic E-state index is -0.389. The number of aromatic amines is 1. The quantitative estimate of drug-likeness (QED) is 0.444. The number of hydrazine groups is 1. The molecular weight excluding hydrogens is 272 g/mol. The highest BCUT2D eigenvalue weighted by Gasteiger charge is 2.27. The Kier molecular flexibility index (Phi) is 3.57. The maximum absolute atomic E-state index is 11.4. The zero-order chi connectivity index (χ0) is 14.8. The molecule has 0 aliphatic heterocycles. The lowest BCUT2D eigenvalue weighted by Gasteiger charge is -2.29. The van der Waals surface area contributed by atoms with Gasteiger partial charge < -0.3 is 10.6 Å².